The van der Waals surface area contributed by atoms with Gasteiger partial charge in [-0.05, 0) is 20.3 Å². The van der Waals surface area contributed by atoms with E-state index in [1.165, 1.54) is 0 Å². The third kappa shape index (κ3) is 5.44. The van der Waals surface area contributed by atoms with Gasteiger partial charge in [-0.25, -0.2) is 0 Å². The van der Waals surface area contributed by atoms with E-state index >= 15 is 0 Å². The van der Waals surface area contributed by atoms with Gasteiger partial charge in [0, 0.05) is 0 Å². The van der Waals surface area contributed by atoms with Crippen molar-refractivity contribution in [3.63, 3.8) is 0 Å². The Morgan fingerprint density at radius 3 is 1.80 bits per heavy atom. The number of hydrogen-bond donors (Lipinski definition) is 4. The second-order valence-electron chi connectivity index (χ2n) is 3.91. The van der Waals surface area contributed by atoms with Gasteiger partial charge in [0.05, 0.1) is 18.8 Å². The minimum atomic E-state index is -1.39. The van der Waals surface area contributed by atoms with E-state index in [2.05, 4.69) is 0 Å². The molecule has 5 nitrogen and oxygen atoms in total. The summed E-state index contributed by atoms with van der Waals surface area (Å²) in [5.41, 5.74) is 0. The number of aliphatic hydroxyl groups excluding tert-OH is 4. The van der Waals surface area contributed by atoms with Gasteiger partial charge in [-0.15, -0.1) is 0 Å². The van der Waals surface area contributed by atoms with E-state index < -0.39 is 24.4 Å². The van der Waals surface area contributed by atoms with E-state index in [-0.39, 0.29) is 12.7 Å². The van der Waals surface area contributed by atoms with Gasteiger partial charge in [-0.1, -0.05) is 6.92 Å². The third-order valence-corrected chi connectivity index (χ3v) is 2.16. The van der Waals surface area contributed by atoms with E-state index in [1.54, 1.807) is 20.8 Å². The predicted molar refractivity (Wildman–Crippen MR) is 55.4 cm³/mol. The fraction of sp³-hybridized carbons (Fsp3) is 1.00. The summed E-state index contributed by atoms with van der Waals surface area (Å²) in [6.45, 7) is 5.22. The topological polar surface area (TPSA) is 90.2 Å². The number of ether oxygens (including phenoxy) is 1. The Hall–Kier alpha value is -0.200. The average Bonchev–Trinajstić information content (AvgIpc) is 2.22. The molecule has 0 spiro atoms. The maximum atomic E-state index is 9.46. The standard InChI is InChI=1S/C10H22O5/c1-4-7(11)9(13)10(14)8(12)5-15-6(2)3/h6-14H,4-5H2,1-3H3. The smallest absolute Gasteiger partial charge is 0.110 e. The molecule has 0 saturated heterocycles. The molecular formula is C10H22O5. The molecule has 0 aromatic rings. The predicted octanol–water partition coefficient (Wildman–Crippen LogP) is -0.735. The Labute approximate surface area is 90.3 Å². The molecule has 5 heteroatoms. The van der Waals surface area contributed by atoms with Gasteiger partial charge in [-0.3, -0.25) is 0 Å². The van der Waals surface area contributed by atoms with Crippen molar-refractivity contribution in [3.05, 3.63) is 0 Å². The van der Waals surface area contributed by atoms with Crippen LogP contribution in [0.3, 0.4) is 0 Å². The lowest BCUT2D eigenvalue weighted by Crippen LogP contribution is -2.46. The molecule has 0 aliphatic heterocycles. The molecule has 0 amide bonds. The highest BCUT2D eigenvalue weighted by molar-refractivity contribution is 4.80. The van der Waals surface area contributed by atoms with Crippen LogP contribution in [0.25, 0.3) is 0 Å². The Balaban J connectivity index is 4.01. The minimum absolute atomic E-state index is 0.0555. The van der Waals surface area contributed by atoms with Crippen LogP contribution in [-0.2, 0) is 4.74 Å². The van der Waals surface area contributed by atoms with Crippen molar-refractivity contribution in [1.29, 1.82) is 0 Å². The number of rotatable bonds is 7. The van der Waals surface area contributed by atoms with Crippen LogP contribution >= 0.6 is 0 Å². The molecule has 0 radical (unpaired) electrons. The van der Waals surface area contributed by atoms with Gasteiger partial charge in [-0.2, -0.15) is 0 Å². The molecule has 15 heavy (non-hydrogen) atoms. The molecule has 4 N–H and O–H groups in total. The molecule has 0 saturated carbocycles. The van der Waals surface area contributed by atoms with Crippen molar-refractivity contribution in [1.82, 2.24) is 0 Å². The molecule has 92 valence electrons. The second-order valence-corrected chi connectivity index (χ2v) is 3.91. The third-order valence-electron chi connectivity index (χ3n) is 2.16. The first-order valence-corrected chi connectivity index (χ1v) is 5.24. The maximum Gasteiger partial charge on any atom is 0.110 e. The number of aliphatic hydroxyl groups is 4. The van der Waals surface area contributed by atoms with Crippen LogP contribution in [0.15, 0.2) is 0 Å². The molecule has 0 rings (SSSR count). The zero-order chi connectivity index (χ0) is 12.0. The molecule has 0 aromatic heterocycles. The largest absolute Gasteiger partial charge is 0.390 e. The van der Waals surface area contributed by atoms with Crippen molar-refractivity contribution < 1.29 is 25.2 Å². The van der Waals surface area contributed by atoms with Crippen LogP contribution in [0.1, 0.15) is 27.2 Å². The lowest BCUT2D eigenvalue weighted by Gasteiger charge is -2.26. The Kier molecular flexibility index (Phi) is 7.04. The van der Waals surface area contributed by atoms with Crippen LogP contribution in [0, 0.1) is 0 Å². The van der Waals surface area contributed by atoms with E-state index in [4.69, 9.17) is 4.74 Å². The quantitative estimate of drug-likeness (QED) is 0.456. The number of hydrogen-bond acceptors (Lipinski definition) is 5. The fourth-order valence-corrected chi connectivity index (χ4v) is 1.09. The molecule has 0 aliphatic rings. The molecular weight excluding hydrogens is 200 g/mol. The molecule has 0 bridgehead atoms. The minimum Gasteiger partial charge on any atom is -0.390 e. The van der Waals surface area contributed by atoms with Crippen molar-refractivity contribution in [3.8, 4) is 0 Å². The van der Waals surface area contributed by atoms with E-state index in [9.17, 15) is 20.4 Å². The Morgan fingerprint density at radius 2 is 1.40 bits per heavy atom. The van der Waals surface area contributed by atoms with Crippen molar-refractivity contribution in [2.45, 2.75) is 57.7 Å². The van der Waals surface area contributed by atoms with Gasteiger partial charge >= 0.3 is 0 Å². The first kappa shape index (κ1) is 14.8. The van der Waals surface area contributed by atoms with E-state index in [0.29, 0.717) is 6.42 Å². The normalized spacial score (nSPS) is 20.0. The van der Waals surface area contributed by atoms with Crippen LogP contribution in [-0.4, -0.2) is 57.6 Å². The summed E-state index contributed by atoms with van der Waals surface area (Å²) in [6, 6.07) is 0. The Bertz CT molecular complexity index is 162. The lowest BCUT2D eigenvalue weighted by atomic mass is 10.0. The van der Waals surface area contributed by atoms with Gasteiger partial charge in [0.15, 0.2) is 0 Å². The van der Waals surface area contributed by atoms with Crippen molar-refractivity contribution in [2.75, 3.05) is 6.61 Å². The molecule has 0 heterocycles. The molecule has 0 aromatic carbocycles. The Morgan fingerprint density at radius 1 is 0.933 bits per heavy atom. The highest BCUT2D eigenvalue weighted by Gasteiger charge is 2.29. The van der Waals surface area contributed by atoms with Gasteiger partial charge in [0.2, 0.25) is 0 Å². The van der Waals surface area contributed by atoms with Crippen molar-refractivity contribution in [2.24, 2.45) is 0 Å². The SMILES string of the molecule is CCC(O)C(O)C(O)C(O)COC(C)C. The molecule has 4 atom stereocenters. The van der Waals surface area contributed by atoms with Crippen LogP contribution in [0.5, 0.6) is 0 Å². The summed E-state index contributed by atoms with van der Waals surface area (Å²) in [5, 5.41) is 37.6. The monoisotopic (exact) mass is 222 g/mol. The maximum absolute atomic E-state index is 9.46. The van der Waals surface area contributed by atoms with Gasteiger partial charge in [0.25, 0.3) is 0 Å². The fourth-order valence-electron chi connectivity index (χ4n) is 1.09. The highest BCUT2D eigenvalue weighted by atomic mass is 16.5. The van der Waals surface area contributed by atoms with Crippen LogP contribution < -0.4 is 0 Å². The van der Waals surface area contributed by atoms with Crippen LogP contribution in [0.4, 0.5) is 0 Å². The van der Waals surface area contributed by atoms with E-state index in [0.717, 1.165) is 0 Å². The summed E-state index contributed by atoms with van der Waals surface area (Å²) in [7, 11) is 0. The van der Waals surface area contributed by atoms with Crippen molar-refractivity contribution >= 4 is 0 Å². The lowest BCUT2D eigenvalue weighted by molar-refractivity contribution is -0.126. The summed E-state index contributed by atoms with van der Waals surface area (Å²) >= 11 is 0. The highest BCUT2D eigenvalue weighted by Crippen LogP contribution is 2.08. The summed E-state index contributed by atoms with van der Waals surface area (Å²) in [5.74, 6) is 0. The zero-order valence-corrected chi connectivity index (χ0v) is 9.50. The summed E-state index contributed by atoms with van der Waals surface area (Å²) in [6.07, 6.45) is -4.70. The summed E-state index contributed by atoms with van der Waals surface area (Å²) in [4.78, 5) is 0. The first-order valence-electron chi connectivity index (χ1n) is 5.24. The zero-order valence-electron chi connectivity index (χ0n) is 9.50. The molecule has 0 aliphatic carbocycles. The van der Waals surface area contributed by atoms with Crippen LogP contribution in [0.2, 0.25) is 0 Å². The average molecular weight is 222 g/mol. The van der Waals surface area contributed by atoms with Gasteiger partial charge < -0.3 is 25.2 Å². The molecule has 4 unspecified atom stereocenters. The van der Waals surface area contributed by atoms with E-state index in [1.807, 2.05) is 0 Å². The molecule has 0 fully saturated rings. The first-order chi connectivity index (χ1) is 6.90. The second kappa shape index (κ2) is 7.14. The summed E-state index contributed by atoms with van der Waals surface area (Å²) < 4.78 is 5.09. The van der Waals surface area contributed by atoms with Gasteiger partial charge in [0.1, 0.15) is 18.3 Å².